The van der Waals surface area contributed by atoms with E-state index in [-0.39, 0.29) is 30.3 Å². The highest BCUT2D eigenvalue weighted by Gasteiger charge is 2.38. The zero-order valence-electron chi connectivity index (χ0n) is 16.5. The number of carbonyl (C=O) groups is 2. The summed E-state index contributed by atoms with van der Waals surface area (Å²) < 4.78 is 18.4. The molecule has 2 aliphatic rings. The van der Waals surface area contributed by atoms with Crippen LogP contribution in [0.25, 0.3) is 0 Å². The second kappa shape index (κ2) is 8.07. The first-order chi connectivity index (χ1) is 15.1. The Hall–Kier alpha value is -3.32. The van der Waals surface area contributed by atoms with Crippen molar-refractivity contribution in [3.63, 3.8) is 0 Å². The molecule has 3 aromatic rings. The second-order valence-corrected chi connectivity index (χ2v) is 8.56. The van der Waals surface area contributed by atoms with E-state index in [2.05, 4.69) is 5.32 Å². The van der Waals surface area contributed by atoms with E-state index in [1.165, 1.54) is 36.0 Å². The molecule has 1 fully saturated rings. The number of halogens is 1. The van der Waals surface area contributed by atoms with Gasteiger partial charge in [-0.3, -0.25) is 9.59 Å². The van der Waals surface area contributed by atoms with Crippen LogP contribution in [-0.4, -0.2) is 24.5 Å². The van der Waals surface area contributed by atoms with Crippen LogP contribution in [0.1, 0.15) is 23.2 Å². The van der Waals surface area contributed by atoms with Gasteiger partial charge in [0.25, 0.3) is 11.8 Å². The average molecular weight is 434 g/mol. The highest BCUT2D eigenvalue weighted by atomic mass is 32.2. The molecule has 1 aliphatic carbocycles. The predicted octanol–water partition coefficient (Wildman–Crippen LogP) is 5.12. The highest BCUT2D eigenvalue weighted by molar-refractivity contribution is 7.99. The second-order valence-electron chi connectivity index (χ2n) is 7.48. The molecule has 1 heterocycles. The van der Waals surface area contributed by atoms with Gasteiger partial charge in [-0.15, -0.1) is 0 Å². The van der Waals surface area contributed by atoms with Crippen molar-refractivity contribution in [1.82, 2.24) is 0 Å². The Morgan fingerprint density at radius 1 is 1.06 bits per heavy atom. The van der Waals surface area contributed by atoms with Crippen molar-refractivity contribution in [3.05, 3.63) is 78.1 Å². The summed E-state index contributed by atoms with van der Waals surface area (Å²) in [7, 11) is 0. The molecule has 0 aromatic heterocycles. The number of hydrogen-bond donors (Lipinski definition) is 1. The Bertz CT molecular complexity index is 1160. The van der Waals surface area contributed by atoms with E-state index < -0.39 is 0 Å². The number of amides is 2. The van der Waals surface area contributed by atoms with Crippen molar-refractivity contribution in [1.29, 1.82) is 0 Å². The average Bonchev–Trinajstić information content (AvgIpc) is 3.60. The molecule has 2 amide bonds. The molecular formula is C24H19FN2O3S. The molecule has 31 heavy (non-hydrogen) atoms. The number of benzene rings is 3. The Morgan fingerprint density at radius 3 is 2.61 bits per heavy atom. The molecule has 5 rings (SSSR count). The Labute approximate surface area is 183 Å². The zero-order valence-corrected chi connectivity index (χ0v) is 17.3. The Morgan fingerprint density at radius 2 is 1.84 bits per heavy atom. The van der Waals surface area contributed by atoms with Gasteiger partial charge < -0.3 is 15.0 Å². The number of nitrogens with zero attached hydrogens (tertiary/aromatic N) is 1. The van der Waals surface area contributed by atoms with Gasteiger partial charge in [0.15, 0.2) is 6.61 Å². The lowest BCUT2D eigenvalue weighted by Crippen LogP contribution is -2.32. The monoisotopic (exact) mass is 434 g/mol. The fraction of sp³-hybridized carbons (Fsp3) is 0.167. The molecule has 0 spiro atoms. The molecule has 0 unspecified atom stereocenters. The molecule has 1 aliphatic heterocycles. The van der Waals surface area contributed by atoms with Crippen LogP contribution in [0, 0.1) is 5.82 Å². The van der Waals surface area contributed by atoms with Gasteiger partial charge in [-0.25, -0.2) is 4.39 Å². The lowest BCUT2D eigenvalue weighted by molar-refractivity contribution is -0.118. The van der Waals surface area contributed by atoms with Crippen LogP contribution in [0.5, 0.6) is 5.75 Å². The van der Waals surface area contributed by atoms with Crippen molar-refractivity contribution < 1.29 is 18.7 Å². The van der Waals surface area contributed by atoms with Gasteiger partial charge in [0, 0.05) is 21.5 Å². The predicted molar refractivity (Wildman–Crippen MR) is 117 cm³/mol. The molecule has 3 aromatic carbocycles. The van der Waals surface area contributed by atoms with Crippen LogP contribution in [0.3, 0.4) is 0 Å². The molecule has 1 saturated carbocycles. The summed E-state index contributed by atoms with van der Waals surface area (Å²) in [4.78, 5) is 29.2. The summed E-state index contributed by atoms with van der Waals surface area (Å²) >= 11 is 1.53. The van der Waals surface area contributed by atoms with Crippen molar-refractivity contribution in [3.8, 4) is 5.75 Å². The fourth-order valence-corrected chi connectivity index (χ4v) is 4.64. The van der Waals surface area contributed by atoms with Crippen LogP contribution in [0.2, 0.25) is 0 Å². The third-order valence-corrected chi connectivity index (χ3v) is 6.28. The van der Waals surface area contributed by atoms with E-state index in [9.17, 15) is 14.0 Å². The maximum absolute atomic E-state index is 13.2. The lowest BCUT2D eigenvalue weighted by atomic mass is 10.1. The van der Waals surface area contributed by atoms with E-state index in [0.29, 0.717) is 17.0 Å². The van der Waals surface area contributed by atoms with Crippen molar-refractivity contribution in [2.24, 2.45) is 0 Å². The number of hydrogen-bond acceptors (Lipinski definition) is 4. The summed E-state index contributed by atoms with van der Waals surface area (Å²) in [6, 6.07) is 18.9. The van der Waals surface area contributed by atoms with E-state index in [1.807, 2.05) is 41.3 Å². The quantitative estimate of drug-likeness (QED) is 0.606. The topological polar surface area (TPSA) is 58.6 Å². The van der Waals surface area contributed by atoms with E-state index >= 15 is 0 Å². The summed E-state index contributed by atoms with van der Waals surface area (Å²) in [6.45, 7) is -0.189. The molecular weight excluding hydrogens is 415 g/mol. The number of nitrogens with one attached hydrogen (secondary N) is 1. The van der Waals surface area contributed by atoms with Gasteiger partial charge in [0.2, 0.25) is 0 Å². The first kappa shape index (κ1) is 19.6. The molecule has 0 saturated heterocycles. The van der Waals surface area contributed by atoms with Gasteiger partial charge in [-0.05, 0) is 67.4 Å². The number of anilines is 2. The van der Waals surface area contributed by atoms with Crippen LogP contribution in [0.15, 0.2) is 76.5 Å². The molecule has 1 N–H and O–H groups in total. The van der Waals surface area contributed by atoms with Gasteiger partial charge in [0.05, 0.1) is 11.3 Å². The molecule has 156 valence electrons. The maximum atomic E-state index is 13.2. The van der Waals surface area contributed by atoms with Crippen LogP contribution in [0.4, 0.5) is 15.8 Å². The van der Waals surface area contributed by atoms with Crippen molar-refractivity contribution in [2.45, 2.75) is 28.7 Å². The standard InChI is InChI=1S/C24H19FN2O3S/c25-15-5-10-18(11-6-15)30-14-23(28)26-16-7-12-20-22(13-16)31-21-4-2-1-3-19(21)24(29)27(20)17-8-9-17/h1-7,10-13,17H,8-9,14H2,(H,26,28). The number of carbonyl (C=O) groups excluding carboxylic acids is 2. The molecule has 0 bridgehead atoms. The van der Waals surface area contributed by atoms with Gasteiger partial charge in [-0.2, -0.15) is 0 Å². The minimum Gasteiger partial charge on any atom is -0.484 e. The maximum Gasteiger partial charge on any atom is 0.262 e. The molecule has 7 heteroatoms. The number of ether oxygens (including phenoxy) is 1. The van der Waals surface area contributed by atoms with Gasteiger partial charge >= 0.3 is 0 Å². The number of fused-ring (bicyclic) bond motifs is 2. The first-order valence-electron chi connectivity index (χ1n) is 10.0. The van der Waals surface area contributed by atoms with E-state index in [4.69, 9.17) is 4.74 Å². The van der Waals surface area contributed by atoms with E-state index in [0.717, 1.165) is 28.3 Å². The van der Waals surface area contributed by atoms with Crippen LogP contribution >= 0.6 is 11.8 Å². The first-order valence-corrected chi connectivity index (χ1v) is 10.8. The van der Waals surface area contributed by atoms with E-state index in [1.54, 1.807) is 6.07 Å². The molecule has 0 radical (unpaired) electrons. The van der Waals surface area contributed by atoms with Crippen LogP contribution in [-0.2, 0) is 4.79 Å². The summed E-state index contributed by atoms with van der Waals surface area (Å²) in [6.07, 6.45) is 1.99. The van der Waals surface area contributed by atoms with Crippen molar-refractivity contribution in [2.75, 3.05) is 16.8 Å². The molecule has 0 atom stereocenters. The van der Waals surface area contributed by atoms with Crippen molar-refractivity contribution >= 4 is 35.0 Å². The Balaban J connectivity index is 1.36. The SMILES string of the molecule is O=C(COc1ccc(F)cc1)Nc1ccc2c(c1)Sc1ccccc1C(=O)N2C1CC1. The van der Waals surface area contributed by atoms with Gasteiger partial charge in [0.1, 0.15) is 11.6 Å². The smallest absolute Gasteiger partial charge is 0.262 e. The zero-order chi connectivity index (χ0) is 21.4. The summed E-state index contributed by atoms with van der Waals surface area (Å²) in [5.41, 5.74) is 2.20. The molecule has 5 nitrogen and oxygen atoms in total. The lowest BCUT2D eigenvalue weighted by Gasteiger charge is -2.23. The minimum atomic E-state index is -0.362. The number of rotatable bonds is 5. The minimum absolute atomic E-state index is 0.0221. The van der Waals surface area contributed by atoms with Gasteiger partial charge in [-0.1, -0.05) is 23.9 Å². The highest BCUT2D eigenvalue weighted by Crippen LogP contribution is 2.46. The fourth-order valence-electron chi connectivity index (χ4n) is 3.53. The van der Waals surface area contributed by atoms with Crippen LogP contribution < -0.4 is 15.0 Å². The summed E-state index contributed by atoms with van der Waals surface area (Å²) in [5.74, 6) is -0.240. The Kier molecular flexibility index (Phi) is 5.11. The largest absolute Gasteiger partial charge is 0.484 e. The third-order valence-electron chi connectivity index (χ3n) is 5.15. The third kappa shape index (κ3) is 4.14. The normalized spacial score (nSPS) is 15.0. The summed E-state index contributed by atoms with van der Waals surface area (Å²) in [5, 5.41) is 2.83.